The van der Waals surface area contributed by atoms with Gasteiger partial charge in [0, 0.05) is 5.70 Å². The van der Waals surface area contributed by atoms with E-state index in [4.69, 9.17) is 16.1 Å². The van der Waals surface area contributed by atoms with E-state index < -0.39 is 5.97 Å². The standard InChI is InChI=1S/C9H14N2O2/c1-3-6(4-2)8(11)7(5-10)9(12)13/h6H,3-4,11H2,1-2H3,(H,12,13)/b8-7-. The van der Waals surface area contributed by atoms with E-state index in [1.54, 1.807) is 6.07 Å². The Hall–Kier alpha value is -1.50. The lowest BCUT2D eigenvalue weighted by atomic mass is 9.96. The van der Waals surface area contributed by atoms with E-state index in [-0.39, 0.29) is 17.2 Å². The van der Waals surface area contributed by atoms with E-state index in [9.17, 15) is 4.79 Å². The topological polar surface area (TPSA) is 87.1 Å². The van der Waals surface area contributed by atoms with Gasteiger partial charge in [-0.05, 0) is 18.8 Å². The Morgan fingerprint density at radius 3 is 2.23 bits per heavy atom. The quantitative estimate of drug-likeness (QED) is 0.506. The number of nitrogens with two attached hydrogens (primary N) is 1. The number of nitrogens with zero attached hydrogens (tertiary/aromatic N) is 1. The van der Waals surface area contributed by atoms with Crippen LogP contribution in [-0.4, -0.2) is 11.1 Å². The van der Waals surface area contributed by atoms with Crippen molar-refractivity contribution in [3.05, 3.63) is 11.3 Å². The van der Waals surface area contributed by atoms with Crippen LogP contribution in [0.5, 0.6) is 0 Å². The van der Waals surface area contributed by atoms with Crippen LogP contribution in [0.1, 0.15) is 26.7 Å². The first kappa shape index (κ1) is 11.5. The van der Waals surface area contributed by atoms with Crippen LogP contribution in [0, 0.1) is 17.2 Å². The van der Waals surface area contributed by atoms with Crippen LogP contribution in [0.15, 0.2) is 11.3 Å². The van der Waals surface area contributed by atoms with Gasteiger partial charge in [0.1, 0.15) is 6.07 Å². The van der Waals surface area contributed by atoms with E-state index in [0.717, 1.165) is 12.8 Å². The van der Waals surface area contributed by atoms with Crippen molar-refractivity contribution in [2.75, 3.05) is 0 Å². The summed E-state index contributed by atoms with van der Waals surface area (Å²) in [6.07, 6.45) is 1.50. The molecular formula is C9H14N2O2. The molecule has 0 amide bonds. The van der Waals surface area contributed by atoms with Crippen molar-refractivity contribution in [3.8, 4) is 6.07 Å². The van der Waals surface area contributed by atoms with E-state index in [1.807, 2.05) is 13.8 Å². The van der Waals surface area contributed by atoms with Gasteiger partial charge < -0.3 is 10.8 Å². The molecular weight excluding hydrogens is 168 g/mol. The SMILES string of the molecule is CCC(CC)/C(N)=C(\C#N)C(=O)O. The molecule has 0 saturated carbocycles. The lowest BCUT2D eigenvalue weighted by molar-refractivity contribution is -0.132. The minimum absolute atomic E-state index is 0.00856. The molecule has 0 radical (unpaired) electrons. The molecule has 0 atom stereocenters. The summed E-state index contributed by atoms with van der Waals surface area (Å²) < 4.78 is 0. The Balaban J connectivity index is 4.96. The molecule has 0 spiro atoms. The zero-order chi connectivity index (χ0) is 10.4. The zero-order valence-electron chi connectivity index (χ0n) is 7.87. The summed E-state index contributed by atoms with van der Waals surface area (Å²) in [5, 5.41) is 17.2. The molecule has 0 rings (SSSR count). The van der Waals surface area contributed by atoms with Crippen LogP contribution in [0.25, 0.3) is 0 Å². The van der Waals surface area contributed by atoms with Gasteiger partial charge in [0.05, 0.1) is 0 Å². The average Bonchev–Trinajstić information content (AvgIpc) is 2.07. The van der Waals surface area contributed by atoms with Crippen LogP contribution in [0.2, 0.25) is 0 Å². The average molecular weight is 182 g/mol. The number of allylic oxidation sites excluding steroid dienone is 1. The molecule has 0 aliphatic rings. The van der Waals surface area contributed by atoms with E-state index in [2.05, 4.69) is 0 Å². The van der Waals surface area contributed by atoms with Gasteiger partial charge in [0.25, 0.3) is 0 Å². The monoisotopic (exact) mass is 182 g/mol. The molecule has 13 heavy (non-hydrogen) atoms. The van der Waals surface area contributed by atoms with Crippen molar-refractivity contribution in [2.45, 2.75) is 26.7 Å². The summed E-state index contributed by atoms with van der Waals surface area (Å²) in [5.74, 6) is -1.25. The van der Waals surface area contributed by atoms with Crippen molar-refractivity contribution < 1.29 is 9.90 Å². The van der Waals surface area contributed by atoms with Crippen LogP contribution in [-0.2, 0) is 4.79 Å². The number of hydrogen-bond donors (Lipinski definition) is 2. The second kappa shape index (κ2) is 5.20. The maximum absolute atomic E-state index is 10.5. The molecule has 0 bridgehead atoms. The van der Waals surface area contributed by atoms with Gasteiger partial charge in [-0.25, -0.2) is 4.79 Å². The highest BCUT2D eigenvalue weighted by molar-refractivity contribution is 5.91. The van der Waals surface area contributed by atoms with Gasteiger partial charge in [-0.1, -0.05) is 13.8 Å². The second-order valence-electron chi connectivity index (χ2n) is 2.76. The molecule has 0 aliphatic heterocycles. The maximum Gasteiger partial charge on any atom is 0.348 e. The third-order valence-electron chi connectivity index (χ3n) is 2.04. The predicted octanol–water partition coefficient (Wildman–Crippen LogP) is 1.24. The van der Waals surface area contributed by atoms with Crippen LogP contribution in [0.4, 0.5) is 0 Å². The Morgan fingerprint density at radius 2 is 2.00 bits per heavy atom. The molecule has 4 heteroatoms. The third-order valence-corrected chi connectivity index (χ3v) is 2.04. The van der Waals surface area contributed by atoms with Gasteiger partial charge >= 0.3 is 5.97 Å². The zero-order valence-corrected chi connectivity index (χ0v) is 7.87. The molecule has 4 nitrogen and oxygen atoms in total. The van der Waals surface area contributed by atoms with Crippen LogP contribution in [0.3, 0.4) is 0 Å². The summed E-state index contributed by atoms with van der Waals surface area (Å²) in [7, 11) is 0. The first-order valence-corrected chi connectivity index (χ1v) is 4.21. The Morgan fingerprint density at radius 1 is 1.54 bits per heavy atom. The first-order valence-electron chi connectivity index (χ1n) is 4.21. The fourth-order valence-corrected chi connectivity index (χ4v) is 1.17. The minimum atomic E-state index is -1.24. The summed E-state index contributed by atoms with van der Waals surface area (Å²) >= 11 is 0. The maximum atomic E-state index is 10.5. The normalized spacial score (nSPS) is 12.2. The molecule has 0 aromatic rings. The van der Waals surface area contributed by atoms with Crippen LogP contribution >= 0.6 is 0 Å². The van der Waals surface area contributed by atoms with Gasteiger partial charge in [-0.15, -0.1) is 0 Å². The number of nitriles is 1. The number of hydrogen-bond acceptors (Lipinski definition) is 3. The van der Waals surface area contributed by atoms with Crippen molar-refractivity contribution in [1.82, 2.24) is 0 Å². The van der Waals surface area contributed by atoms with E-state index >= 15 is 0 Å². The Kier molecular flexibility index (Phi) is 4.60. The highest BCUT2D eigenvalue weighted by atomic mass is 16.4. The Labute approximate surface area is 77.7 Å². The molecule has 0 aliphatic carbocycles. The summed E-state index contributed by atoms with van der Waals surface area (Å²) in [4.78, 5) is 10.5. The van der Waals surface area contributed by atoms with Gasteiger partial charge in [-0.3, -0.25) is 0 Å². The third kappa shape index (κ3) is 2.79. The number of carboxylic acid groups (broad SMARTS) is 1. The smallest absolute Gasteiger partial charge is 0.348 e. The molecule has 3 N–H and O–H groups in total. The fourth-order valence-electron chi connectivity index (χ4n) is 1.17. The molecule has 0 heterocycles. The highest BCUT2D eigenvalue weighted by Gasteiger charge is 2.17. The van der Waals surface area contributed by atoms with Gasteiger partial charge in [0.2, 0.25) is 0 Å². The highest BCUT2D eigenvalue weighted by Crippen LogP contribution is 2.17. The lowest BCUT2D eigenvalue weighted by Gasteiger charge is -2.12. The fraction of sp³-hybridized carbons (Fsp3) is 0.556. The molecule has 72 valence electrons. The van der Waals surface area contributed by atoms with Gasteiger partial charge in [0.15, 0.2) is 5.57 Å². The first-order chi connectivity index (χ1) is 6.08. The second-order valence-corrected chi connectivity index (χ2v) is 2.76. The number of carboxylic acids is 1. The molecule has 0 aromatic heterocycles. The van der Waals surface area contributed by atoms with Crippen molar-refractivity contribution in [2.24, 2.45) is 11.7 Å². The van der Waals surface area contributed by atoms with Crippen molar-refractivity contribution >= 4 is 5.97 Å². The van der Waals surface area contributed by atoms with E-state index in [0.29, 0.717) is 0 Å². The minimum Gasteiger partial charge on any atom is -0.477 e. The molecule has 0 aromatic carbocycles. The van der Waals surface area contributed by atoms with Gasteiger partial charge in [-0.2, -0.15) is 5.26 Å². The predicted molar refractivity (Wildman–Crippen MR) is 48.5 cm³/mol. The Bertz CT molecular complexity index is 259. The molecule has 0 saturated heterocycles. The lowest BCUT2D eigenvalue weighted by Crippen LogP contribution is -2.17. The van der Waals surface area contributed by atoms with E-state index in [1.165, 1.54) is 0 Å². The van der Waals surface area contributed by atoms with Crippen molar-refractivity contribution in [3.63, 3.8) is 0 Å². The van der Waals surface area contributed by atoms with Crippen LogP contribution < -0.4 is 5.73 Å². The number of rotatable bonds is 4. The van der Waals surface area contributed by atoms with Crippen molar-refractivity contribution in [1.29, 1.82) is 5.26 Å². The summed E-state index contributed by atoms with van der Waals surface area (Å²) in [5.41, 5.74) is 5.44. The summed E-state index contributed by atoms with van der Waals surface area (Å²) in [6.45, 7) is 3.83. The molecule has 0 unspecified atom stereocenters. The largest absolute Gasteiger partial charge is 0.477 e. The number of aliphatic carboxylic acids is 1. The molecule has 0 fully saturated rings. The summed E-state index contributed by atoms with van der Waals surface area (Å²) in [6, 6.07) is 1.61. The number of carbonyl (C=O) groups is 1.